The zero-order chi connectivity index (χ0) is 22.7. The number of nitrogens with one attached hydrogen (secondary N) is 2. The molecule has 1 amide bonds. The van der Waals surface area contributed by atoms with Crippen molar-refractivity contribution in [3.8, 4) is 0 Å². The first kappa shape index (κ1) is 21.8. The number of amides is 1. The molecule has 2 atom stereocenters. The number of piperidine rings is 1. The lowest BCUT2D eigenvalue weighted by Crippen LogP contribution is -2.52. The molecule has 168 valence electrons. The number of oxazole rings is 1. The predicted octanol–water partition coefficient (Wildman–Crippen LogP) is 2.80. The van der Waals surface area contributed by atoms with E-state index < -0.39 is 17.9 Å². The van der Waals surface area contributed by atoms with E-state index in [1.807, 2.05) is 6.07 Å². The largest absolute Gasteiger partial charge is 0.449 e. The van der Waals surface area contributed by atoms with Gasteiger partial charge in [-0.3, -0.25) is 14.5 Å². The number of H-pyrrole nitrogens is 1. The number of anilines is 1. The minimum absolute atomic E-state index is 0.00383. The quantitative estimate of drug-likeness (QED) is 0.607. The van der Waals surface area contributed by atoms with Crippen molar-refractivity contribution in [3.05, 3.63) is 76.5 Å². The fourth-order valence-corrected chi connectivity index (χ4v) is 3.78. The van der Waals surface area contributed by atoms with Gasteiger partial charge in [0.15, 0.2) is 5.89 Å². The van der Waals surface area contributed by atoms with Crippen molar-refractivity contribution in [2.24, 2.45) is 0 Å². The molecular formula is C22H23F2N5O3. The maximum absolute atomic E-state index is 14.6. The summed E-state index contributed by atoms with van der Waals surface area (Å²) in [4.78, 5) is 36.5. The SMILES string of the molecule is CC(C(=O)Nc1ccc(Cc2ncco2)cn1)N1CCC(F)(F)C(c2ccc(=O)[nH]c2)C1. The van der Waals surface area contributed by atoms with Gasteiger partial charge in [0.1, 0.15) is 12.1 Å². The number of hydrogen-bond acceptors (Lipinski definition) is 6. The molecule has 0 radical (unpaired) electrons. The Morgan fingerprint density at radius 3 is 2.84 bits per heavy atom. The third-order valence-corrected chi connectivity index (χ3v) is 5.71. The fourth-order valence-electron chi connectivity index (χ4n) is 3.78. The molecule has 0 aliphatic carbocycles. The first-order valence-electron chi connectivity index (χ1n) is 10.3. The lowest BCUT2D eigenvalue weighted by Gasteiger charge is -2.40. The Labute approximate surface area is 182 Å². The van der Waals surface area contributed by atoms with E-state index in [4.69, 9.17) is 4.42 Å². The molecule has 4 rings (SSSR count). The summed E-state index contributed by atoms with van der Waals surface area (Å²) in [7, 11) is 0. The average molecular weight is 443 g/mol. The van der Waals surface area contributed by atoms with Crippen LogP contribution in [0.5, 0.6) is 0 Å². The summed E-state index contributed by atoms with van der Waals surface area (Å²) in [6, 6.07) is 5.50. The third-order valence-electron chi connectivity index (χ3n) is 5.71. The lowest BCUT2D eigenvalue weighted by molar-refractivity contribution is -0.125. The zero-order valence-corrected chi connectivity index (χ0v) is 17.4. The van der Waals surface area contributed by atoms with Crippen molar-refractivity contribution >= 4 is 11.7 Å². The van der Waals surface area contributed by atoms with Gasteiger partial charge >= 0.3 is 0 Å². The Morgan fingerprint density at radius 2 is 2.19 bits per heavy atom. The van der Waals surface area contributed by atoms with Crippen LogP contribution in [0, 0.1) is 0 Å². The van der Waals surface area contributed by atoms with Crippen LogP contribution in [0.1, 0.15) is 36.3 Å². The van der Waals surface area contributed by atoms with E-state index in [-0.39, 0.29) is 31.0 Å². The number of carbonyl (C=O) groups is 1. The van der Waals surface area contributed by atoms with Gasteiger partial charge in [-0.05, 0) is 24.1 Å². The normalized spacial score (nSPS) is 19.4. The Balaban J connectivity index is 1.39. The fraction of sp³-hybridized carbons (Fsp3) is 0.364. The van der Waals surface area contributed by atoms with Crippen LogP contribution in [-0.2, 0) is 11.2 Å². The molecule has 2 unspecified atom stereocenters. The second kappa shape index (κ2) is 8.99. The highest BCUT2D eigenvalue weighted by Gasteiger charge is 2.46. The Bertz CT molecular complexity index is 1090. The van der Waals surface area contributed by atoms with Gasteiger partial charge in [0.05, 0.1) is 24.6 Å². The van der Waals surface area contributed by atoms with Crippen molar-refractivity contribution in [2.45, 2.75) is 37.6 Å². The number of hydrogen-bond donors (Lipinski definition) is 2. The summed E-state index contributed by atoms with van der Waals surface area (Å²) < 4.78 is 34.4. The topological polar surface area (TPSA) is 104 Å². The van der Waals surface area contributed by atoms with Gasteiger partial charge in [0, 0.05) is 38.0 Å². The molecule has 1 aliphatic heterocycles. The number of alkyl halides is 2. The number of pyridine rings is 2. The zero-order valence-electron chi connectivity index (χ0n) is 17.4. The van der Waals surface area contributed by atoms with Crippen molar-refractivity contribution in [3.63, 3.8) is 0 Å². The van der Waals surface area contributed by atoms with Gasteiger partial charge in [0.25, 0.3) is 5.92 Å². The number of aromatic nitrogens is 3. The number of likely N-dealkylation sites (tertiary alicyclic amines) is 1. The molecule has 1 saturated heterocycles. The molecule has 2 N–H and O–H groups in total. The summed E-state index contributed by atoms with van der Waals surface area (Å²) in [5.41, 5.74) is 0.868. The van der Waals surface area contributed by atoms with Crippen molar-refractivity contribution in [2.75, 3.05) is 18.4 Å². The molecule has 4 heterocycles. The molecule has 0 saturated carbocycles. The third kappa shape index (κ3) is 4.91. The smallest absolute Gasteiger partial charge is 0.257 e. The number of aromatic amines is 1. The van der Waals surface area contributed by atoms with Crippen molar-refractivity contribution in [1.29, 1.82) is 0 Å². The van der Waals surface area contributed by atoms with Crippen LogP contribution in [0.15, 0.2) is 58.3 Å². The predicted molar refractivity (Wildman–Crippen MR) is 113 cm³/mol. The van der Waals surface area contributed by atoms with Crippen molar-refractivity contribution in [1.82, 2.24) is 19.9 Å². The maximum atomic E-state index is 14.6. The van der Waals surface area contributed by atoms with E-state index in [0.29, 0.717) is 23.7 Å². The number of halogens is 2. The molecule has 32 heavy (non-hydrogen) atoms. The summed E-state index contributed by atoms with van der Waals surface area (Å²) in [5.74, 6) is -3.43. The molecule has 0 bridgehead atoms. The van der Waals surface area contributed by atoms with Crippen LogP contribution in [0.4, 0.5) is 14.6 Å². The average Bonchev–Trinajstić information content (AvgIpc) is 3.28. The number of carbonyl (C=O) groups excluding carboxylic acids is 1. The summed E-state index contributed by atoms with van der Waals surface area (Å²) in [5, 5.41) is 2.74. The maximum Gasteiger partial charge on any atom is 0.257 e. The minimum atomic E-state index is -2.93. The Kier molecular flexibility index (Phi) is 6.13. The first-order chi connectivity index (χ1) is 15.3. The minimum Gasteiger partial charge on any atom is -0.449 e. The van der Waals surface area contributed by atoms with Crippen LogP contribution in [-0.4, -0.2) is 50.8 Å². The molecule has 8 nitrogen and oxygen atoms in total. The molecule has 10 heteroatoms. The monoisotopic (exact) mass is 443 g/mol. The van der Waals surface area contributed by atoms with Crippen LogP contribution < -0.4 is 10.9 Å². The van der Waals surface area contributed by atoms with Gasteiger partial charge in [-0.15, -0.1) is 0 Å². The first-order valence-corrected chi connectivity index (χ1v) is 10.3. The molecule has 3 aromatic heterocycles. The second-order valence-corrected chi connectivity index (χ2v) is 7.86. The van der Waals surface area contributed by atoms with Gasteiger partial charge in [-0.25, -0.2) is 18.7 Å². The standard InChI is InChI=1S/C22H23F2N5O3/c1-14(21(31)28-18-4-2-15(11-26-18)10-20-25-7-9-32-20)29-8-6-22(23,24)17(13-29)16-3-5-19(30)27-12-16/h2-5,7,9,11-12,14,17H,6,8,10,13H2,1H3,(H,27,30)(H,26,28,31). The second-order valence-electron chi connectivity index (χ2n) is 7.86. The molecule has 1 aliphatic rings. The highest BCUT2D eigenvalue weighted by molar-refractivity contribution is 5.93. The van der Waals surface area contributed by atoms with E-state index in [1.54, 1.807) is 30.3 Å². The summed E-state index contributed by atoms with van der Waals surface area (Å²) in [6.07, 6.45) is 6.12. The number of nitrogens with zero attached hydrogens (tertiary/aromatic N) is 3. The molecule has 3 aromatic rings. The molecule has 0 aromatic carbocycles. The summed E-state index contributed by atoms with van der Waals surface area (Å²) >= 11 is 0. The van der Waals surface area contributed by atoms with Crippen LogP contribution >= 0.6 is 0 Å². The highest BCUT2D eigenvalue weighted by atomic mass is 19.3. The van der Waals surface area contributed by atoms with E-state index in [2.05, 4.69) is 20.3 Å². The van der Waals surface area contributed by atoms with Gasteiger partial charge in [-0.1, -0.05) is 12.1 Å². The molecule has 0 spiro atoms. The van der Waals surface area contributed by atoms with Crippen LogP contribution in [0.25, 0.3) is 0 Å². The van der Waals surface area contributed by atoms with Gasteiger partial charge in [0.2, 0.25) is 11.5 Å². The van der Waals surface area contributed by atoms with E-state index >= 15 is 0 Å². The van der Waals surface area contributed by atoms with E-state index in [0.717, 1.165) is 5.56 Å². The van der Waals surface area contributed by atoms with E-state index in [9.17, 15) is 18.4 Å². The highest BCUT2D eigenvalue weighted by Crippen LogP contribution is 2.40. The van der Waals surface area contributed by atoms with E-state index in [1.165, 1.54) is 24.6 Å². The van der Waals surface area contributed by atoms with Crippen LogP contribution in [0.3, 0.4) is 0 Å². The molecule has 1 fully saturated rings. The molecular weight excluding hydrogens is 420 g/mol. The number of rotatable bonds is 6. The van der Waals surface area contributed by atoms with Crippen molar-refractivity contribution < 1.29 is 18.0 Å². The van der Waals surface area contributed by atoms with Gasteiger partial charge < -0.3 is 14.7 Å². The Morgan fingerprint density at radius 1 is 1.34 bits per heavy atom. The summed E-state index contributed by atoms with van der Waals surface area (Å²) in [6.45, 7) is 1.76. The lowest BCUT2D eigenvalue weighted by atomic mass is 9.87. The Hall–Kier alpha value is -3.40. The van der Waals surface area contributed by atoms with Gasteiger partial charge in [-0.2, -0.15) is 0 Å². The van der Waals surface area contributed by atoms with Crippen LogP contribution in [0.2, 0.25) is 0 Å².